The molecule has 112 valence electrons. The highest BCUT2D eigenvalue weighted by molar-refractivity contribution is 5.95. The van der Waals surface area contributed by atoms with Gasteiger partial charge in [0.2, 0.25) is 0 Å². The van der Waals surface area contributed by atoms with E-state index in [0.717, 1.165) is 23.9 Å². The quantitative estimate of drug-likeness (QED) is 0.666. The third kappa shape index (κ3) is 3.42. The number of hydrogen-bond acceptors (Lipinski definition) is 3. The maximum Gasteiger partial charge on any atom is 0.484 e. The number of benzene rings is 1. The van der Waals surface area contributed by atoms with Crippen molar-refractivity contribution in [3.05, 3.63) is 29.6 Å². The van der Waals surface area contributed by atoms with E-state index in [4.69, 9.17) is 5.26 Å². The lowest BCUT2D eigenvalue weighted by molar-refractivity contribution is -0.146. The molecule has 0 aliphatic heterocycles. The fraction of sp³-hybridized carbons (Fsp3) is 0.385. The zero-order valence-electron chi connectivity index (χ0n) is 10.7. The average molecular weight is 301 g/mol. The number of nitrogens with one attached hydrogen (secondary N) is 2. The summed E-state index contributed by atoms with van der Waals surface area (Å²) in [5.74, 6) is -2.65. The van der Waals surface area contributed by atoms with Gasteiger partial charge in [-0.1, -0.05) is 0 Å². The predicted molar refractivity (Wildman–Crippen MR) is 65.7 cm³/mol. The Balaban J connectivity index is 2.14. The van der Waals surface area contributed by atoms with Gasteiger partial charge in [0.25, 0.3) is 5.91 Å². The van der Waals surface area contributed by atoms with Gasteiger partial charge in [0.05, 0.1) is 11.6 Å². The topological polar surface area (TPSA) is 64.9 Å². The largest absolute Gasteiger partial charge is 0.484 e. The van der Waals surface area contributed by atoms with Crippen molar-refractivity contribution in [3.8, 4) is 6.07 Å². The molecule has 0 saturated heterocycles. The molecule has 0 heterocycles. The van der Waals surface area contributed by atoms with Gasteiger partial charge in [-0.2, -0.15) is 18.4 Å². The summed E-state index contributed by atoms with van der Waals surface area (Å²) in [6, 6.07) is 5.21. The average Bonchev–Trinajstić information content (AvgIpc) is 2.31. The van der Waals surface area contributed by atoms with Crippen LogP contribution in [0.5, 0.6) is 0 Å². The minimum Gasteiger partial charge on any atom is -0.367 e. The zero-order valence-corrected chi connectivity index (χ0v) is 10.7. The molecule has 2 N–H and O–H groups in total. The SMILES string of the molecule is N#CC1(Nc2ccc(C(=O)NC(F)(F)F)c(F)c2)CCC1. The van der Waals surface area contributed by atoms with E-state index in [1.807, 2.05) is 0 Å². The van der Waals surface area contributed by atoms with Gasteiger partial charge in [-0.25, -0.2) is 4.39 Å². The number of nitrogens with zero attached hydrogens (tertiary/aromatic N) is 1. The molecule has 0 aromatic heterocycles. The highest BCUT2D eigenvalue weighted by atomic mass is 19.4. The van der Waals surface area contributed by atoms with Crippen LogP contribution in [0, 0.1) is 17.1 Å². The first-order valence-corrected chi connectivity index (χ1v) is 6.13. The lowest BCUT2D eigenvalue weighted by Crippen LogP contribution is -2.43. The summed E-state index contributed by atoms with van der Waals surface area (Å²) in [4.78, 5) is 11.3. The summed E-state index contributed by atoms with van der Waals surface area (Å²) >= 11 is 0. The van der Waals surface area contributed by atoms with Crippen molar-refractivity contribution >= 4 is 11.6 Å². The molecule has 1 aromatic carbocycles. The molecule has 1 aromatic rings. The van der Waals surface area contributed by atoms with Crippen LogP contribution in [-0.4, -0.2) is 17.7 Å². The Morgan fingerprint density at radius 1 is 1.33 bits per heavy atom. The summed E-state index contributed by atoms with van der Waals surface area (Å²) < 4.78 is 49.8. The number of hydrogen-bond donors (Lipinski definition) is 2. The van der Waals surface area contributed by atoms with Crippen LogP contribution in [-0.2, 0) is 0 Å². The predicted octanol–water partition coefficient (Wildman–Crippen LogP) is 2.93. The Morgan fingerprint density at radius 3 is 2.43 bits per heavy atom. The maximum atomic E-state index is 13.7. The van der Waals surface area contributed by atoms with Crippen molar-refractivity contribution in [1.29, 1.82) is 5.26 Å². The molecule has 1 aliphatic carbocycles. The van der Waals surface area contributed by atoms with Crippen molar-refractivity contribution in [3.63, 3.8) is 0 Å². The molecule has 1 amide bonds. The normalized spacial score (nSPS) is 16.5. The van der Waals surface area contributed by atoms with Gasteiger partial charge in [0.1, 0.15) is 11.4 Å². The minimum absolute atomic E-state index is 0.248. The number of amides is 1. The molecule has 1 aliphatic rings. The van der Waals surface area contributed by atoms with Gasteiger partial charge in [0.15, 0.2) is 0 Å². The third-order valence-corrected chi connectivity index (χ3v) is 3.27. The van der Waals surface area contributed by atoms with Crippen molar-refractivity contribution in [2.75, 3.05) is 5.32 Å². The Labute approximate surface area is 117 Å². The number of carbonyl (C=O) groups is 1. The van der Waals surface area contributed by atoms with Crippen molar-refractivity contribution < 1.29 is 22.4 Å². The molecule has 0 radical (unpaired) electrons. The summed E-state index contributed by atoms with van der Waals surface area (Å²) in [7, 11) is 0. The second-order valence-corrected chi connectivity index (χ2v) is 4.82. The van der Waals surface area contributed by atoms with E-state index in [2.05, 4.69) is 11.4 Å². The second-order valence-electron chi connectivity index (χ2n) is 4.82. The summed E-state index contributed by atoms with van der Waals surface area (Å²) in [6.07, 6.45) is -2.82. The van der Waals surface area contributed by atoms with Crippen LogP contribution in [0.2, 0.25) is 0 Å². The lowest BCUT2D eigenvalue weighted by Gasteiger charge is -2.36. The fourth-order valence-electron chi connectivity index (χ4n) is 2.04. The van der Waals surface area contributed by atoms with Gasteiger partial charge in [-0.05, 0) is 37.5 Å². The molecule has 4 nitrogen and oxygen atoms in total. The Bertz CT molecular complexity index is 602. The highest BCUT2D eigenvalue weighted by Crippen LogP contribution is 2.34. The molecule has 0 atom stereocenters. The van der Waals surface area contributed by atoms with E-state index in [1.54, 1.807) is 0 Å². The standard InChI is InChI=1S/C13H11F4N3O/c14-10-6-8(19-12(7-18)4-1-5-12)2-3-9(10)11(21)20-13(15,16)17/h2-3,6,19H,1,4-5H2,(H,20,21). The second kappa shape index (κ2) is 5.24. The van der Waals surface area contributed by atoms with E-state index in [0.29, 0.717) is 12.8 Å². The van der Waals surface area contributed by atoms with E-state index in [1.165, 1.54) is 6.07 Å². The molecule has 0 spiro atoms. The van der Waals surface area contributed by atoms with Crippen molar-refractivity contribution in [2.45, 2.75) is 31.1 Å². The lowest BCUT2D eigenvalue weighted by atomic mass is 9.78. The van der Waals surface area contributed by atoms with E-state index < -0.39 is 29.1 Å². The van der Waals surface area contributed by atoms with Gasteiger partial charge >= 0.3 is 6.30 Å². The van der Waals surface area contributed by atoms with Gasteiger partial charge in [-0.3, -0.25) is 10.1 Å². The third-order valence-electron chi connectivity index (χ3n) is 3.27. The van der Waals surface area contributed by atoms with Crippen molar-refractivity contribution in [1.82, 2.24) is 5.32 Å². The Kier molecular flexibility index (Phi) is 3.77. The molecule has 0 bridgehead atoms. The molecule has 1 fully saturated rings. The van der Waals surface area contributed by atoms with Crippen LogP contribution in [0.3, 0.4) is 0 Å². The van der Waals surface area contributed by atoms with Crippen LogP contribution in [0.1, 0.15) is 29.6 Å². The molecule has 0 unspecified atom stereocenters. The fourth-order valence-corrected chi connectivity index (χ4v) is 2.04. The van der Waals surface area contributed by atoms with Crippen LogP contribution < -0.4 is 10.6 Å². The number of halogens is 4. The van der Waals surface area contributed by atoms with E-state index in [-0.39, 0.29) is 5.69 Å². The van der Waals surface area contributed by atoms with Gasteiger partial charge in [0, 0.05) is 5.69 Å². The van der Waals surface area contributed by atoms with E-state index >= 15 is 0 Å². The number of rotatable bonds is 3. The highest BCUT2D eigenvalue weighted by Gasteiger charge is 2.37. The van der Waals surface area contributed by atoms with Gasteiger partial charge < -0.3 is 5.32 Å². The molecule has 21 heavy (non-hydrogen) atoms. The smallest absolute Gasteiger partial charge is 0.367 e. The monoisotopic (exact) mass is 301 g/mol. The zero-order chi connectivity index (χ0) is 15.7. The molecular weight excluding hydrogens is 290 g/mol. The number of nitriles is 1. The van der Waals surface area contributed by atoms with Crippen LogP contribution in [0.25, 0.3) is 0 Å². The first-order chi connectivity index (χ1) is 9.75. The van der Waals surface area contributed by atoms with Crippen LogP contribution >= 0.6 is 0 Å². The molecular formula is C13H11F4N3O. The first-order valence-electron chi connectivity index (χ1n) is 6.13. The van der Waals surface area contributed by atoms with Crippen LogP contribution in [0.4, 0.5) is 23.2 Å². The first kappa shape index (κ1) is 15.1. The summed E-state index contributed by atoms with van der Waals surface area (Å²) in [5.41, 5.74) is -1.22. The molecule has 1 saturated carbocycles. The maximum absolute atomic E-state index is 13.7. The number of alkyl halides is 3. The van der Waals surface area contributed by atoms with E-state index in [9.17, 15) is 22.4 Å². The Hall–Kier alpha value is -2.30. The number of carbonyl (C=O) groups excluding carboxylic acids is 1. The summed E-state index contributed by atoms with van der Waals surface area (Å²) in [5, 5.41) is 12.6. The Morgan fingerprint density at radius 2 is 2.00 bits per heavy atom. The molecule has 8 heteroatoms. The van der Waals surface area contributed by atoms with Crippen molar-refractivity contribution in [2.24, 2.45) is 0 Å². The van der Waals surface area contributed by atoms with Gasteiger partial charge in [-0.15, -0.1) is 0 Å². The van der Waals surface area contributed by atoms with Crippen LogP contribution in [0.15, 0.2) is 18.2 Å². The molecule has 2 rings (SSSR count). The summed E-state index contributed by atoms with van der Waals surface area (Å²) in [6.45, 7) is 0. The minimum atomic E-state index is -4.92. The number of anilines is 1.